The first-order chi connectivity index (χ1) is 10.7. The zero-order valence-electron chi connectivity index (χ0n) is 12.3. The van der Waals surface area contributed by atoms with Crippen molar-refractivity contribution >= 4 is 6.29 Å². The first kappa shape index (κ1) is 15.8. The fourth-order valence-electron chi connectivity index (χ4n) is 1.86. The van der Waals surface area contributed by atoms with E-state index in [0.717, 1.165) is 6.29 Å². The van der Waals surface area contributed by atoms with Gasteiger partial charge in [-0.1, -0.05) is 12.1 Å². The molecule has 0 heterocycles. The number of halogens is 1. The standard InChI is InChI=1S/C17H17FO4/c1-20-17-11-13(12-19)7-8-16(17)22-10-4-9-21-15-6-3-2-5-14(15)18/h2-3,5-8,11-12H,4,9-10H2,1H3. The molecule has 5 heteroatoms. The highest BCUT2D eigenvalue weighted by molar-refractivity contribution is 5.76. The smallest absolute Gasteiger partial charge is 0.165 e. The summed E-state index contributed by atoms with van der Waals surface area (Å²) in [5.41, 5.74) is 0.520. The topological polar surface area (TPSA) is 44.8 Å². The zero-order chi connectivity index (χ0) is 15.8. The maximum atomic E-state index is 13.3. The number of carbonyl (C=O) groups is 1. The largest absolute Gasteiger partial charge is 0.493 e. The lowest BCUT2D eigenvalue weighted by Crippen LogP contribution is -2.06. The Morgan fingerprint density at radius 3 is 2.41 bits per heavy atom. The Labute approximate surface area is 128 Å². The second-order valence-electron chi connectivity index (χ2n) is 4.51. The molecule has 0 amide bonds. The molecule has 0 saturated heterocycles. The van der Waals surface area contributed by atoms with Gasteiger partial charge in [0.25, 0.3) is 0 Å². The van der Waals surface area contributed by atoms with Crippen molar-refractivity contribution in [2.45, 2.75) is 6.42 Å². The molecule has 116 valence electrons. The number of ether oxygens (including phenoxy) is 3. The van der Waals surface area contributed by atoms with Crippen molar-refractivity contribution in [3.8, 4) is 17.2 Å². The lowest BCUT2D eigenvalue weighted by Gasteiger charge is -2.11. The van der Waals surface area contributed by atoms with Gasteiger partial charge in [-0.15, -0.1) is 0 Å². The molecule has 0 fully saturated rings. The molecule has 0 aliphatic carbocycles. The lowest BCUT2D eigenvalue weighted by atomic mass is 10.2. The molecule has 0 N–H and O–H groups in total. The van der Waals surface area contributed by atoms with E-state index in [1.165, 1.54) is 13.2 Å². The Morgan fingerprint density at radius 2 is 1.73 bits per heavy atom. The predicted molar refractivity (Wildman–Crippen MR) is 80.4 cm³/mol. The van der Waals surface area contributed by atoms with E-state index in [-0.39, 0.29) is 11.6 Å². The molecule has 0 saturated carbocycles. The molecule has 0 radical (unpaired) electrons. The molecule has 0 aliphatic rings. The highest BCUT2D eigenvalue weighted by Crippen LogP contribution is 2.27. The average molecular weight is 304 g/mol. The summed E-state index contributed by atoms with van der Waals surface area (Å²) in [6, 6.07) is 11.2. The number of carbonyl (C=O) groups excluding carboxylic acids is 1. The summed E-state index contributed by atoms with van der Waals surface area (Å²) in [4.78, 5) is 10.7. The van der Waals surface area contributed by atoms with Crippen LogP contribution in [-0.2, 0) is 0 Å². The number of hydrogen-bond donors (Lipinski definition) is 0. The van der Waals surface area contributed by atoms with Crippen molar-refractivity contribution in [1.82, 2.24) is 0 Å². The number of para-hydroxylation sites is 1. The van der Waals surface area contributed by atoms with Gasteiger partial charge in [-0.25, -0.2) is 4.39 Å². The van der Waals surface area contributed by atoms with Crippen LogP contribution in [0, 0.1) is 5.82 Å². The van der Waals surface area contributed by atoms with E-state index in [4.69, 9.17) is 14.2 Å². The van der Waals surface area contributed by atoms with Crippen molar-refractivity contribution in [3.05, 3.63) is 53.8 Å². The van der Waals surface area contributed by atoms with Gasteiger partial charge in [0.1, 0.15) is 6.29 Å². The minimum absolute atomic E-state index is 0.232. The summed E-state index contributed by atoms with van der Waals surface area (Å²) >= 11 is 0. The highest BCUT2D eigenvalue weighted by Gasteiger charge is 2.06. The van der Waals surface area contributed by atoms with Crippen LogP contribution in [0.5, 0.6) is 17.2 Å². The van der Waals surface area contributed by atoms with Gasteiger partial charge in [0.15, 0.2) is 23.1 Å². The molecular weight excluding hydrogens is 287 g/mol. The summed E-state index contributed by atoms with van der Waals surface area (Å²) < 4.78 is 29.4. The van der Waals surface area contributed by atoms with Crippen molar-refractivity contribution in [1.29, 1.82) is 0 Å². The molecule has 0 unspecified atom stereocenters. The first-order valence-corrected chi connectivity index (χ1v) is 6.88. The van der Waals surface area contributed by atoms with Crippen molar-refractivity contribution in [3.63, 3.8) is 0 Å². The van der Waals surface area contributed by atoms with Crippen molar-refractivity contribution < 1.29 is 23.4 Å². The summed E-state index contributed by atoms with van der Waals surface area (Å²) in [5, 5.41) is 0. The van der Waals surface area contributed by atoms with Gasteiger partial charge in [-0.2, -0.15) is 0 Å². The molecule has 2 aromatic carbocycles. The Balaban J connectivity index is 1.79. The van der Waals surface area contributed by atoms with Gasteiger partial charge in [-0.3, -0.25) is 4.79 Å². The van der Waals surface area contributed by atoms with E-state index in [9.17, 15) is 9.18 Å². The van der Waals surface area contributed by atoms with Gasteiger partial charge in [-0.05, 0) is 30.3 Å². The number of hydrogen-bond acceptors (Lipinski definition) is 4. The van der Waals surface area contributed by atoms with Crippen LogP contribution in [0.25, 0.3) is 0 Å². The maximum absolute atomic E-state index is 13.3. The summed E-state index contributed by atoms with van der Waals surface area (Å²) in [6.07, 6.45) is 1.33. The van der Waals surface area contributed by atoms with E-state index in [2.05, 4.69) is 0 Å². The first-order valence-electron chi connectivity index (χ1n) is 6.88. The van der Waals surface area contributed by atoms with Gasteiger partial charge in [0.2, 0.25) is 0 Å². The fourth-order valence-corrected chi connectivity index (χ4v) is 1.86. The Hall–Kier alpha value is -2.56. The Bertz CT molecular complexity index is 628. The van der Waals surface area contributed by atoms with Crippen molar-refractivity contribution in [2.24, 2.45) is 0 Å². The number of rotatable bonds is 8. The van der Waals surface area contributed by atoms with E-state index in [1.54, 1.807) is 36.4 Å². The average Bonchev–Trinajstić information content (AvgIpc) is 2.56. The number of benzene rings is 2. The van der Waals surface area contributed by atoms with Crippen LogP contribution in [0.1, 0.15) is 16.8 Å². The van der Waals surface area contributed by atoms with E-state index in [0.29, 0.717) is 36.7 Å². The third-order valence-corrected chi connectivity index (χ3v) is 2.96. The van der Waals surface area contributed by atoms with E-state index in [1.807, 2.05) is 0 Å². The zero-order valence-corrected chi connectivity index (χ0v) is 12.3. The Kier molecular flexibility index (Phi) is 5.77. The van der Waals surface area contributed by atoms with Gasteiger partial charge < -0.3 is 14.2 Å². The third-order valence-electron chi connectivity index (χ3n) is 2.96. The quantitative estimate of drug-likeness (QED) is 0.553. The predicted octanol–water partition coefficient (Wildman–Crippen LogP) is 3.49. The van der Waals surface area contributed by atoms with Crippen molar-refractivity contribution in [2.75, 3.05) is 20.3 Å². The van der Waals surface area contributed by atoms with Gasteiger partial charge >= 0.3 is 0 Å². The second kappa shape index (κ2) is 8.02. The molecule has 22 heavy (non-hydrogen) atoms. The molecule has 2 rings (SSSR count). The van der Waals surface area contributed by atoms with E-state index >= 15 is 0 Å². The molecule has 4 nitrogen and oxygen atoms in total. The fraction of sp³-hybridized carbons (Fsp3) is 0.235. The van der Waals surface area contributed by atoms with Crippen LogP contribution in [0.15, 0.2) is 42.5 Å². The monoisotopic (exact) mass is 304 g/mol. The molecule has 0 spiro atoms. The number of methoxy groups -OCH3 is 1. The molecule has 0 atom stereocenters. The van der Waals surface area contributed by atoms with Crippen LogP contribution >= 0.6 is 0 Å². The lowest BCUT2D eigenvalue weighted by molar-refractivity contribution is 0.112. The molecule has 0 aromatic heterocycles. The van der Waals surface area contributed by atoms with Crippen LogP contribution in [0.4, 0.5) is 4.39 Å². The van der Waals surface area contributed by atoms with Crippen LogP contribution in [0.2, 0.25) is 0 Å². The van der Waals surface area contributed by atoms with Crippen LogP contribution in [0.3, 0.4) is 0 Å². The Morgan fingerprint density at radius 1 is 1.00 bits per heavy atom. The van der Waals surface area contributed by atoms with Gasteiger partial charge in [0, 0.05) is 12.0 Å². The van der Waals surface area contributed by atoms with Crippen LogP contribution < -0.4 is 14.2 Å². The summed E-state index contributed by atoms with van der Waals surface area (Å²) in [7, 11) is 1.51. The summed E-state index contributed by atoms with van der Waals surface area (Å²) in [5.74, 6) is 0.906. The van der Waals surface area contributed by atoms with Crippen LogP contribution in [-0.4, -0.2) is 26.6 Å². The number of aldehydes is 1. The maximum Gasteiger partial charge on any atom is 0.165 e. The molecule has 2 aromatic rings. The SMILES string of the molecule is COc1cc(C=O)ccc1OCCCOc1ccccc1F. The second-order valence-corrected chi connectivity index (χ2v) is 4.51. The minimum Gasteiger partial charge on any atom is -0.493 e. The molecular formula is C17H17FO4. The normalized spacial score (nSPS) is 10.1. The van der Waals surface area contributed by atoms with E-state index < -0.39 is 0 Å². The summed E-state index contributed by atoms with van der Waals surface area (Å²) in [6.45, 7) is 0.737. The highest BCUT2D eigenvalue weighted by atomic mass is 19.1. The third kappa shape index (κ3) is 4.22. The molecule has 0 aliphatic heterocycles. The molecule has 0 bridgehead atoms. The van der Waals surface area contributed by atoms with Gasteiger partial charge in [0.05, 0.1) is 20.3 Å². The minimum atomic E-state index is -0.380.